The number of likely N-dealkylation sites (tertiary alicyclic amines) is 1. The number of carbonyl (C=O) groups excluding carboxylic acids is 10. The largest absolute Gasteiger partial charge is 0.508 e. The van der Waals surface area contributed by atoms with E-state index in [0.29, 0.717) is 37.7 Å². The van der Waals surface area contributed by atoms with E-state index in [1.807, 2.05) is 17.5 Å². The Bertz CT molecular complexity index is 2510. The minimum Gasteiger partial charge on any atom is -0.508 e. The standard InChI is InChI=1S/C54H79N11O14S/c1-4-30(2)43-50(75)64-44(31(3)66)51(76)62-39(28-41(55)68)47(72)60-36(13-8-22-54(20-6-5-7-21-54)29-42(69)58-38(48(73)63-43)27-34-12-11-25-80-34)52(77)65-24-10-15-40(65)49(74)59-35(14-9-23-57-53(78)79)46(71)61-37(45(56)70)26-32-16-18-33(67)19-17-32/h11-12,16-19,25,30-31,35-40,43-44,57,66-67H,4-10,13-15,20-24,26-29H2,1-3H3,(H2,55,68)(H2,56,70)(H,58,69)(H,59,74)(H,60,72)(H,61,71)(H,62,76)(H,63,73)(H,64,75)(H,78,79)/t30-,31+,35+,36+,37+,38-,39+,40+,43+,44+/m1/s1. The molecule has 440 valence electrons. The number of carboxylic acid groups (broad SMARTS) is 1. The fourth-order valence-electron chi connectivity index (χ4n) is 10.6. The lowest BCUT2D eigenvalue weighted by Gasteiger charge is -2.38. The molecule has 3 fully saturated rings. The van der Waals surface area contributed by atoms with Crippen molar-refractivity contribution in [3.63, 3.8) is 0 Å². The van der Waals surface area contributed by atoms with Crippen LogP contribution in [0.25, 0.3) is 0 Å². The normalized spacial score (nSPS) is 24.0. The number of phenols is 1. The van der Waals surface area contributed by atoms with Crippen LogP contribution in [0.3, 0.4) is 0 Å². The lowest BCUT2D eigenvalue weighted by atomic mass is 9.68. The first-order valence-electron chi connectivity index (χ1n) is 27.4. The third-order valence-corrected chi connectivity index (χ3v) is 16.1. The number of nitrogens with one attached hydrogen (secondary N) is 8. The molecule has 0 bridgehead atoms. The van der Waals surface area contributed by atoms with Crippen molar-refractivity contribution in [2.75, 3.05) is 13.1 Å². The zero-order valence-electron chi connectivity index (χ0n) is 45.6. The Balaban J connectivity index is 1.48. The van der Waals surface area contributed by atoms with Crippen molar-refractivity contribution in [3.8, 4) is 5.75 Å². The number of hydrogen-bond donors (Lipinski definition) is 13. The lowest BCUT2D eigenvalue weighted by molar-refractivity contribution is -0.143. The van der Waals surface area contributed by atoms with Crippen LogP contribution < -0.4 is 54.0 Å². The number of thiophene rings is 1. The summed E-state index contributed by atoms with van der Waals surface area (Å²) in [4.78, 5) is 153. The molecular formula is C54H79N11O14S. The van der Waals surface area contributed by atoms with Crippen molar-refractivity contribution in [3.05, 3.63) is 52.2 Å². The number of rotatable bonds is 19. The fourth-order valence-corrected chi connectivity index (χ4v) is 11.4. The number of amides is 11. The second-order valence-electron chi connectivity index (χ2n) is 21.4. The summed E-state index contributed by atoms with van der Waals surface area (Å²) in [5, 5.41) is 52.4. The van der Waals surface area contributed by atoms with Gasteiger partial charge in [0, 0.05) is 37.2 Å². The molecule has 1 aliphatic carbocycles. The molecule has 2 aliphatic heterocycles. The van der Waals surface area contributed by atoms with Crippen LogP contribution in [0.15, 0.2) is 41.8 Å². The van der Waals surface area contributed by atoms with Crippen LogP contribution in [-0.2, 0) is 60.8 Å². The Labute approximate surface area is 468 Å². The molecule has 25 nitrogen and oxygen atoms in total. The number of carbonyl (C=O) groups is 11. The van der Waals surface area contributed by atoms with Gasteiger partial charge in [-0.3, -0.25) is 47.9 Å². The number of nitrogens with two attached hydrogens (primary N) is 2. The van der Waals surface area contributed by atoms with E-state index >= 15 is 4.79 Å². The maximum Gasteiger partial charge on any atom is 0.404 e. The lowest BCUT2D eigenvalue weighted by Crippen LogP contribution is -2.63. The van der Waals surface area contributed by atoms with Crippen molar-refractivity contribution in [1.29, 1.82) is 0 Å². The van der Waals surface area contributed by atoms with Crippen LogP contribution in [0.2, 0.25) is 0 Å². The molecule has 1 aromatic carbocycles. The Morgan fingerprint density at radius 1 is 0.787 bits per heavy atom. The number of primary amides is 2. The number of nitrogens with zero attached hydrogens (tertiary/aromatic N) is 1. The van der Waals surface area contributed by atoms with Crippen molar-refractivity contribution < 1.29 is 68.1 Å². The molecule has 3 heterocycles. The quantitative estimate of drug-likeness (QED) is 0.0823. The molecule has 26 heteroatoms. The molecule has 80 heavy (non-hydrogen) atoms. The van der Waals surface area contributed by atoms with E-state index in [2.05, 4.69) is 42.5 Å². The highest BCUT2D eigenvalue weighted by Gasteiger charge is 2.42. The highest BCUT2D eigenvalue weighted by molar-refractivity contribution is 7.09. The third-order valence-electron chi connectivity index (χ3n) is 15.2. The van der Waals surface area contributed by atoms with Gasteiger partial charge in [0.15, 0.2) is 0 Å². The highest BCUT2D eigenvalue weighted by atomic mass is 32.1. The smallest absolute Gasteiger partial charge is 0.404 e. The van der Waals surface area contributed by atoms with Crippen LogP contribution >= 0.6 is 11.3 Å². The fraction of sp³-hybridized carbons (Fsp3) is 0.611. The number of hydrogen-bond acceptors (Lipinski definition) is 14. The zero-order chi connectivity index (χ0) is 58.7. The van der Waals surface area contributed by atoms with Crippen molar-refractivity contribution in [1.82, 2.24) is 47.4 Å². The first-order chi connectivity index (χ1) is 38.0. The Morgan fingerprint density at radius 3 is 2.08 bits per heavy atom. The van der Waals surface area contributed by atoms with E-state index in [0.717, 1.165) is 24.1 Å². The summed E-state index contributed by atoms with van der Waals surface area (Å²) in [5.74, 6) is -8.95. The number of aliphatic hydroxyl groups is 1. The van der Waals surface area contributed by atoms with E-state index in [4.69, 9.17) is 11.5 Å². The van der Waals surface area contributed by atoms with Crippen LogP contribution in [0.4, 0.5) is 4.79 Å². The molecule has 5 rings (SSSR count). The van der Waals surface area contributed by atoms with Crippen molar-refractivity contribution >= 4 is 76.5 Å². The molecule has 1 spiro atoms. The first-order valence-corrected chi connectivity index (χ1v) is 28.3. The van der Waals surface area contributed by atoms with Gasteiger partial charge in [0.1, 0.15) is 54.1 Å². The average Bonchev–Trinajstić information content (AvgIpc) is 4.12. The average molecular weight is 1140 g/mol. The molecule has 0 unspecified atom stereocenters. The monoisotopic (exact) mass is 1140 g/mol. The molecule has 0 radical (unpaired) electrons. The highest BCUT2D eigenvalue weighted by Crippen LogP contribution is 2.44. The number of benzene rings is 1. The molecule has 3 aliphatic rings. The molecule has 15 N–H and O–H groups in total. The summed E-state index contributed by atoms with van der Waals surface area (Å²) in [6.45, 7) is 4.59. The summed E-state index contributed by atoms with van der Waals surface area (Å²) in [6.07, 6.45) is 1.33. The molecule has 10 atom stereocenters. The summed E-state index contributed by atoms with van der Waals surface area (Å²) in [6, 6.07) is -1.75. The Hall–Kier alpha value is -7.35. The van der Waals surface area contributed by atoms with Crippen LogP contribution in [0.1, 0.15) is 128 Å². The Kier molecular flexibility index (Phi) is 24.0. The number of phenolic OH excluding ortho intramolecular Hbond substituents is 1. The van der Waals surface area contributed by atoms with Crippen LogP contribution in [-0.4, -0.2) is 153 Å². The van der Waals surface area contributed by atoms with Gasteiger partial charge in [0.2, 0.25) is 59.1 Å². The maximum absolute atomic E-state index is 15.0. The topological polar surface area (TPSA) is 400 Å². The van der Waals surface area contributed by atoms with Gasteiger partial charge < -0.3 is 74.2 Å². The summed E-state index contributed by atoms with van der Waals surface area (Å²) in [7, 11) is 0. The van der Waals surface area contributed by atoms with Gasteiger partial charge in [-0.25, -0.2) is 4.79 Å². The predicted molar refractivity (Wildman–Crippen MR) is 291 cm³/mol. The van der Waals surface area contributed by atoms with Gasteiger partial charge in [0.25, 0.3) is 0 Å². The van der Waals surface area contributed by atoms with Crippen molar-refractivity contribution in [2.24, 2.45) is 22.8 Å². The molecule has 2 saturated heterocycles. The zero-order valence-corrected chi connectivity index (χ0v) is 46.4. The van der Waals surface area contributed by atoms with Gasteiger partial charge in [0.05, 0.1) is 12.5 Å². The maximum atomic E-state index is 15.0. The van der Waals surface area contributed by atoms with Crippen molar-refractivity contribution in [2.45, 2.75) is 184 Å². The molecule has 11 amide bonds. The van der Waals surface area contributed by atoms with Gasteiger partial charge in [-0.2, -0.15) is 0 Å². The van der Waals surface area contributed by atoms with Gasteiger partial charge in [-0.05, 0) is 98.8 Å². The third kappa shape index (κ3) is 18.9. The van der Waals surface area contributed by atoms with E-state index in [-0.39, 0.29) is 70.2 Å². The minimum atomic E-state index is -1.76. The van der Waals surface area contributed by atoms with E-state index < -0.39 is 137 Å². The molecule has 2 aromatic rings. The number of aromatic hydroxyl groups is 1. The molecular weight excluding hydrogens is 1060 g/mol. The van der Waals surface area contributed by atoms with Crippen LogP contribution in [0, 0.1) is 11.3 Å². The second-order valence-corrected chi connectivity index (χ2v) is 22.4. The number of aliphatic hydroxyl groups excluding tert-OH is 1. The van der Waals surface area contributed by atoms with Crippen LogP contribution in [0.5, 0.6) is 5.75 Å². The predicted octanol–water partition coefficient (Wildman–Crippen LogP) is -0.0166. The summed E-state index contributed by atoms with van der Waals surface area (Å²) in [5.41, 5.74) is 11.2. The SMILES string of the molecule is CC[C@@H](C)[C@@H]1NC(=O)[C@@H](Cc2cccs2)NC(=O)CC2(CCCCC2)CCC[C@@H](C(=O)N2CCC[C@H]2C(=O)N[C@@H](CCCNC(=O)O)C(=O)N[C@@H](Cc2ccc(O)cc2)C(N)=O)NC(=O)[C@H](CC(N)=O)NC(=O)[C@H]([C@H](C)O)NC1=O. The molecule has 1 saturated carbocycles. The van der Waals surface area contributed by atoms with E-state index in [1.165, 1.54) is 47.4 Å². The van der Waals surface area contributed by atoms with Gasteiger partial charge in [-0.15, -0.1) is 11.3 Å². The summed E-state index contributed by atoms with van der Waals surface area (Å²) >= 11 is 1.38. The summed E-state index contributed by atoms with van der Waals surface area (Å²) < 4.78 is 0. The van der Waals surface area contributed by atoms with Gasteiger partial charge >= 0.3 is 6.09 Å². The minimum absolute atomic E-state index is 0.0107. The van der Waals surface area contributed by atoms with E-state index in [1.54, 1.807) is 13.8 Å². The van der Waals surface area contributed by atoms with E-state index in [9.17, 15) is 63.3 Å². The van der Waals surface area contributed by atoms with Gasteiger partial charge in [-0.1, -0.05) is 64.2 Å². The molecule has 1 aromatic heterocycles. The Morgan fingerprint density at radius 2 is 1.45 bits per heavy atom. The first kappa shape index (κ1) is 63.5. The second kappa shape index (κ2) is 30.3.